The quantitative estimate of drug-likeness (QED) is 0.840. The summed E-state index contributed by atoms with van der Waals surface area (Å²) in [6.07, 6.45) is 3.08. The van der Waals surface area contributed by atoms with Crippen LogP contribution in [0.15, 0.2) is 36.7 Å². The Balaban J connectivity index is 2.08. The summed E-state index contributed by atoms with van der Waals surface area (Å²) in [6, 6.07) is 6.29. The second-order valence-electron chi connectivity index (χ2n) is 4.07. The van der Waals surface area contributed by atoms with Gasteiger partial charge in [0.15, 0.2) is 0 Å². The van der Waals surface area contributed by atoms with Gasteiger partial charge in [-0.1, -0.05) is 24.4 Å². The second-order valence-corrected chi connectivity index (χ2v) is 4.51. The summed E-state index contributed by atoms with van der Waals surface area (Å²) in [5.74, 6) is 0.355. The Morgan fingerprint density at radius 1 is 1.26 bits per heavy atom. The van der Waals surface area contributed by atoms with E-state index in [1.165, 1.54) is 18.3 Å². The smallest absolute Gasteiger partial charge is 0.144 e. The fraction of sp³-hybridized carbons (Fsp3) is 0.154. The van der Waals surface area contributed by atoms with Gasteiger partial charge in [-0.3, -0.25) is 0 Å². The molecule has 6 heteroatoms. The van der Waals surface area contributed by atoms with E-state index < -0.39 is 0 Å². The van der Waals surface area contributed by atoms with E-state index >= 15 is 0 Å². The zero-order chi connectivity index (χ0) is 13.8. The van der Waals surface area contributed by atoms with Crippen LogP contribution in [0, 0.1) is 5.82 Å². The van der Waals surface area contributed by atoms with Crippen LogP contribution in [0.4, 0.5) is 10.2 Å². The van der Waals surface area contributed by atoms with Crippen molar-refractivity contribution in [1.29, 1.82) is 0 Å². The molecule has 0 saturated carbocycles. The number of hydrogen-bond donors (Lipinski definition) is 2. The van der Waals surface area contributed by atoms with Crippen LogP contribution in [0.3, 0.4) is 0 Å². The van der Waals surface area contributed by atoms with Crippen LogP contribution < -0.4 is 11.1 Å². The number of anilines is 1. The third-order valence-electron chi connectivity index (χ3n) is 2.64. The van der Waals surface area contributed by atoms with E-state index in [1.54, 1.807) is 18.3 Å². The number of benzene rings is 1. The molecule has 2 aromatic rings. The van der Waals surface area contributed by atoms with Gasteiger partial charge in [0, 0.05) is 6.04 Å². The summed E-state index contributed by atoms with van der Waals surface area (Å²) in [7, 11) is 0. The maximum atomic E-state index is 12.8. The van der Waals surface area contributed by atoms with Crippen molar-refractivity contribution in [3.05, 3.63) is 53.7 Å². The molecule has 1 aromatic heterocycles. The number of thiocarbonyl (C=S) groups is 1. The maximum absolute atomic E-state index is 12.8. The van der Waals surface area contributed by atoms with E-state index in [1.807, 2.05) is 6.92 Å². The van der Waals surface area contributed by atoms with E-state index in [0.717, 1.165) is 5.56 Å². The molecule has 0 amide bonds. The largest absolute Gasteiger partial charge is 0.388 e. The first kappa shape index (κ1) is 13.4. The second kappa shape index (κ2) is 5.71. The highest BCUT2D eigenvalue weighted by atomic mass is 32.1. The van der Waals surface area contributed by atoms with Crippen LogP contribution in [0.1, 0.15) is 24.2 Å². The number of nitrogens with two attached hydrogens (primary N) is 1. The molecular formula is C13H13FN4S. The predicted molar refractivity (Wildman–Crippen MR) is 76.4 cm³/mol. The van der Waals surface area contributed by atoms with Gasteiger partial charge in [0.1, 0.15) is 22.3 Å². The van der Waals surface area contributed by atoms with E-state index in [0.29, 0.717) is 11.5 Å². The molecule has 1 aromatic carbocycles. The number of nitrogens with zero attached hydrogens (tertiary/aromatic N) is 2. The molecule has 0 aliphatic heterocycles. The zero-order valence-corrected chi connectivity index (χ0v) is 11.1. The van der Waals surface area contributed by atoms with Crippen LogP contribution in [0.25, 0.3) is 0 Å². The molecule has 0 bridgehead atoms. The minimum Gasteiger partial charge on any atom is -0.388 e. The van der Waals surface area contributed by atoms with Gasteiger partial charge in [0.05, 0.1) is 12.4 Å². The molecule has 1 atom stereocenters. The summed E-state index contributed by atoms with van der Waals surface area (Å²) >= 11 is 4.80. The molecule has 0 fully saturated rings. The topological polar surface area (TPSA) is 63.8 Å². The Kier molecular flexibility index (Phi) is 4.01. The number of nitrogens with one attached hydrogen (secondary N) is 1. The minimum absolute atomic E-state index is 0.00872. The van der Waals surface area contributed by atoms with E-state index in [4.69, 9.17) is 18.0 Å². The highest BCUT2D eigenvalue weighted by Crippen LogP contribution is 2.17. The third-order valence-corrected chi connectivity index (χ3v) is 2.85. The first-order valence-electron chi connectivity index (χ1n) is 5.70. The predicted octanol–water partition coefficient (Wildman–Crippen LogP) is 2.42. The first-order chi connectivity index (χ1) is 9.06. The van der Waals surface area contributed by atoms with Crippen molar-refractivity contribution >= 4 is 23.0 Å². The molecule has 1 unspecified atom stereocenters. The molecule has 0 aliphatic carbocycles. The molecule has 4 nitrogen and oxygen atoms in total. The molecule has 98 valence electrons. The molecule has 0 saturated heterocycles. The van der Waals surface area contributed by atoms with Gasteiger partial charge in [-0.2, -0.15) is 0 Å². The Morgan fingerprint density at radius 2 is 1.95 bits per heavy atom. The molecule has 19 heavy (non-hydrogen) atoms. The molecule has 3 N–H and O–H groups in total. The SMILES string of the molecule is CC(Nc1cnc(C(N)=S)cn1)c1ccc(F)cc1. The fourth-order valence-electron chi connectivity index (χ4n) is 1.59. The third kappa shape index (κ3) is 3.45. The Labute approximate surface area is 115 Å². The summed E-state index contributed by atoms with van der Waals surface area (Å²) < 4.78 is 12.8. The minimum atomic E-state index is -0.253. The van der Waals surface area contributed by atoms with Crippen molar-refractivity contribution < 1.29 is 4.39 Å². The molecule has 1 heterocycles. The van der Waals surface area contributed by atoms with Gasteiger partial charge in [0.25, 0.3) is 0 Å². The number of aromatic nitrogens is 2. The number of hydrogen-bond acceptors (Lipinski definition) is 4. The highest BCUT2D eigenvalue weighted by Gasteiger charge is 2.07. The Morgan fingerprint density at radius 3 is 2.47 bits per heavy atom. The normalized spacial score (nSPS) is 11.9. The number of halogens is 1. The van der Waals surface area contributed by atoms with Crippen LogP contribution >= 0.6 is 12.2 Å². The van der Waals surface area contributed by atoms with Gasteiger partial charge in [0.2, 0.25) is 0 Å². The molecule has 2 rings (SSSR count). The van der Waals surface area contributed by atoms with Gasteiger partial charge >= 0.3 is 0 Å². The van der Waals surface area contributed by atoms with Crippen molar-refractivity contribution in [1.82, 2.24) is 9.97 Å². The molecule has 0 aliphatic rings. The first-order valence-corrected chi connectivity index (χ1v) is 6.11. The van der Waals surface area contributed by atoms with Crippen molar-refractivity contribution in [2.75, 3.05) is 5.32 Å². The van der Waals surface area contributed by atoms with Crippen molar-refractivity contribution in [2.24, 2.45) is 5.73 Å². The van der Waals surface area contributed by atoms with E-state index in [9.17, 15) is 4.39 Å². The van der Waals surface area contributed by atoms with Crippen LogP contribution in [0.5, 0.6) is 0 Å². The van der Waals surface area contributed by atoms with Gasteiger partial charge in [-0.25, -0.2) is 14.4 Å². The van der Waals surface area contributed by atoms with Crippen LogP contribution in [-0.2, 0) is 0 Å². The van der Waals surface area contributed by atoms with Crippen LogP contribution in [0.2, 0.25) is 0 Å². The van der Waals surface area contributed by atoms with Crippen molar-refractivity contribution in [3.8, 4) is 0 Å². The van der Waals surface area contributed by atoms with Gasteiger partial charge in [-0.05, 0) is 24.6 Å². The summed E-state index contributed by atoms with van der Waals surface area (Å²) in [4.78, 5) is 8.47. The maximum Gasteiger partial charge on any atom is 0.144 e. The van der Waals surface area contributed by atoms with E-state index in [2.05, 4.69) is 15.3 Å². The molecule has 0 spiro atoms. The lowest BCUT2D eigenvalue weighted by molar-refractivity contribution is 0.626. The van der Waals surface area contributed by atoms with Crippen molar-refractivity contribution in [3.63, 3.8) is 0 Å². The van der Waals surface area contributed by atoms with Gasteiger partial charge < -0.3 is 11.1 Å². The standard InChI is InChI=1S/C13H13FN4S/c1-8(9-2-4-10(14)5-3-9)18-12-7-16-11(6-17-12)13(15)19/h2-8H,1H3,(H2,15,19)(H,17,18). The average molecular weight is 276 g/mol. The zero-order valence-electron chi connectivity index (χ0n) is 10.3. The summed E-state index contributed by atoms with van der Waals surface area (Å²) in [5.41, 5.74) is 6.88. The molecular weight excluding hydrogens is 263 g/mol. The monoisotopic (exact) mass is 276 g/mol. The Bertz CT molecular complexity index is 568. The summed E-state index contributed by atoms with van der Waals surface area (Å²) in [5, 5.41) is 3.16. The fourth-order valence-corrected chi connectivity index (χ4v) is 1.69. The van der Waals surface area contributed by atoms with Gasteiger partial charge in [-0.15, -0.1) is 0 Å². The number of rotatable bonds is 4. The lowest BCUT2D eigenvalue weighted by Gasteiger charge is -2.14. The Hall–Kier alpha value is -2.08. The lowest BCUT2D eigenvalue weighted by atomic mass is 10.1. The van der Waals surface area contributed by atoms with E-state index in [-0.39, 0.29) is 16.8 Å². The highest BCUT2D eigenvalue weighted by molar-refractivity contribution is 7.80. The molecule has 0 radical (unpaired) electrons. The average Bonchev–Trinajstić information content (AvgIpc) is 2.40. The van der Waals surface area contributed by atoms with Crippen LogP contribution in [-0.4, -0.2) is 15.0 Å². The lowest BCUT2D eigenvalue weighted by Crippen LogP contribution is -2.13. The summed E-state index contributed by atoms with van der Waals surface area (Å²) in [6.45, 7) is 1.95. The van der Waals surface area contributed by atoms with Crippen molar-refractivity contribution in [2.45, 2.75) is 13.0 Å².